The number of ether oxygens (including phenoxy) is 2. The van der Waals surface area contributed by atoms with Crippen LogP contribution in [-0.2, 0) is 27.9 Å². The van der Waals surface area contributed by atoms with Gasteiger partial charge < -0.3 is 19.3 Å². The Labute approximate surface area is 177 Å². The van der Waals surface area contributed by atoms with Gasteiger partial charge in [-0.2, -0.15) is 0 Å². The van der Waals surface area contributed by atoms with E-state index in [1.165, 1.54) is 0 Å². The second-order valence-electron chi connectivity index (χ2n) is 8.65. The zero-order valence-corrected chi connectivity index (χ0v) is 18.8. The largest absolute Gasteiger partial charge is 0.348 e. The smallest absolute Gasteiger partial charge is 0.278 e. The molecule has 0 saturated carbocycles. The molecule has 2 heterocycles. The second-order valence-corrected chi connectivity index (χ2v) is 8.65. The number of likely N-dealkylation sites (N-methyl/N-ethyl adjacent to an activating group) is 1. The van der Waals surface area contributed by atoms with Crippen molar-refractivity contribution < 1.29 is 19.2 Å². The van der Waals surface area contributed by atoms with Crippen LogP contribution < -0.4 is 10.5 Å². The highest BCUT2D eigenvalue weighted by molar-refractivity contribution is 5.77. The highest BCUT2D eigenvalue weighted by atomic mass is 16.7. The molecular formula is C22H33N4O4+. The number of nitrogens with zero attached hydrogens (tertiary/aromatic N) is 3. The quantitative estimate of drug-likeness (QED) is 0.694. The van der Waals surface area contributed by atoms with E-state index in [1.54, 1.807) is 9.58 Å². The first-order valence-corrected chi connectivity index (χ1v) is 10.3. The Morgan fingerprint density at radius 2 is 1.93 bits per heavy atom. The van der Waals surface area contributed by atoms with Gasteiger partial charge in [-0.25, -0.2) is 4.68 Å². The molecule has 1 aromatic heterocycles. The number of rotatable bonds is 7. The summed E-state index contributed by atoms with van der Waals surface area (Å²) >= 11 is 0. The molecule has 0 radical (unpaired) electrons. The first kappa shape index (κ1) is 22.3. The van der Waals surface area contributed by atoms with E-state index >= 15 is 0 Å². The molecular weight excluding hydrogens is 384 g/mol. The summed E-state index contributed by atoms with van der Waals surface area (Å²) in [6, 6.07) is 9.52. The highest BCUT2D eigenvalue weighted by Crippen LogP contribution is 2.23. The Bertz CT molecular complexity index is 946. The molecule has 1 aromatic carbocycles. The van der Waals surface area contributed by atoms with Gasteiger partial charge in [0.25, 0.3) is 11.5 Å². The maximum absolute atomic E-state index is 13.3. The molecule has 1 aliphatic rings. The number of hydrogen-bond acceptors (Lipinski definition) is 4. The molecule has 1 amide bonds. The summed E-state index contributed by atoms with van der Waals surface area (Å²) in [5.41, 5.74) is 2.13. The van der Waals surface area contributed by atoms with Gasteiger partial charge in [0.1, 0.15) is 6.10 Å². The number of para-hydroxylation sites is 1. The van der Waals surface area contributed by atoms with E-state index in [0.717, 1.165) is 16.3 Å². The molecule has 2 aromatic rings. The summed E-state index contributed by atoms with van der Waals surface area (Å²) in [4.78, 5) is 29.0. The van der Waals surface area contributed by atoms with Crippen LogP contribution in [0.15, 0.2) is 35.1 Å². The molecule has 3 rings (SSSR count). The number of hydrogen-bond donors (Lipinski definition) is 1. The van der Waals surface area contributed by atoms with E-state index < -0.39 is 5.79 Å². The number of amides is 1. The summed E-state index contributed by atoms with van der Waals surface area (Å²) in [5, 5.41) is 0. The molecule has 1 aliphatic heterocycles. The first-order chi connectivity index (χ1) is 14.1. The zero-order valence-electron chi connectivity index (χ0n) is 18.8. The summed E-state index contributed by atoms with van der Waals surface area (Å²) in [5.74, 6) is -0.674. The van der Waals surface area contributed by atoms with Crippen LogP contribution in [0.2, 0.25) is 0 Å². The SMILES string of the molecule is Cc1c(CN(C[C@@H]2COC(C)(C)O2)C(=O)C[NH+](C)C)c(=O)n(-c2ccccc2)n1C. The van der Waals surface area contributed by atoms with Crippen molar-refractivity contribution in [3.05, 3.63) is 51.9 Å². The van der Waals surface area contributed by atoms with Crippen molar-refractivity contribution in [1.82, 2.24) is 14.3 Å². The number of benzene rings is 1. The predicted octanol–water partition coefficient (Wildman–Crippen LogP) is 0.109. The predicted molar refractivity (Wildman–Crippen MR) is 114 cm³/mol. The van der Waals surface area contributed by atoms with Crippen molar-refractivity contribution in [3.63, 3.8) is 0 Å². The van der Waals surface area contributed by atoms with E-state index in [9.17, 15) is 9.59 Å². The fourth-order valence-electron chi connectivity index (χ4n) is 3.76. The van der Waals surface area contributed by atoms with Crippen LogP contribution in [-0.4, -0.2) is 65.9 Å². The maximum Gasteiger partial charge on any atom is 0.278 e. The highest BCUT2D eigenvalue weighted by Gasteiger charge is 2.35. The summed E-state index contributed by atoms with van der Waals surface area (Å²) in [6.07, 6.45) is -0.221. The average molecular weight is 418 g/mol. The lowest BCUT2D eigenvalue weighted by atomic mass is 10.2. The van der Waals surface area contributed by atoms with Crippen molar-refractivity contribution in [1.29, 1.82) is 0 Å². The fraction of sp³-hybridized carbons (Fsp3) is 0.545. The molecule has 1 atom stereocenters. The average Bonchev–Trinajstić information content (AvgIpc) is 3.12. The Kier molecular flexibility index (Phi) is 6.50. The van der Waals surface area contributed by atoms with Crippen LogP contribution >= 0.6 is 0 Å². The molecule has 8 nitrogen and oxygen atoms in total. The van der Waals surface area contributed by atoms with Gasteiger partial charge in [-0.1, -0.05) is 18.2 Å². The number of carbonyl (C=O) groups is 1. The Morgan fingerprint density at radius 3 is 2.50 bits per heavy atom. The van der Waals surface area contributed by atoms with E-state index in [4.69, 9.17) is 9.47 Å². The molecule has 30 heavy (non-hydrogen) atoms. The fourth-order valence-corrected chi connectivity index (χ4v) is 3.76. The van der Waals surface area contributed by atoms with Crippen molar-refractivity contribution >= 4 is 5.91 Å². The van der Waals surface area contributed by atoms with Gasteiger partial charge >= 0.3 is 0 Å². The van der Waals surface area contributed by atoms with Crippen molar-refractivity contribution in [3.8, 4) is 5.69 Å². The van der Waals surface area contributed by atoms with Crippen molar-refractivity contribution in [2.24, 2.45) is 7.05 Å². The van der Waals surface area contributed by atoms with Crippen LogP contribution in [0.4, 0.5) is 0 Å². The van der Waals surface area contributed by atoms with Gasteiger partial charge in [0.05, 0.1) is 38.5 Å². The van der Waals surface area contributed by atoms with Gasteiger partial charge in [-0.15, -0.1) is 0 Å². The third kappa shape index (κ3) is 4.83. The topological polar surface area (TPSA) is 70.1 Å². The van der Waals surface area contributed by atoms with E-state index in [0.29, 0.717) is 25.3 Å². The number of aromatic nitrogens is 2. The summed E-state index contributed by atoms with van der Waals surface area (Å²) in [7, 11) is 5.73. The molecule has 164 valence electrons. The lowest BCUT2D eigenvalue weighted by molar-refractivity contribution is -0.849. The zero-order chi connectivity index (χ0) is 22.1. The molecule has 1 N–H and O–H groups in total. The Morgan fingerprint density at radius 1 is 1.27 bits per heavy atom. The third-order valence-corrected chi connectivity index (χ3v) is 5.37. The minimum absolute atomic E-state index is 0.0165. The standard InChI is InChI=1S/C22H32N4O4/c1-16-19(21(28)26(24(16)6)17-10-8-7-9-11-17)13-25(20(27)14-23(4)5)12-18-15-29-22(2,3)30-18/h7-11,18H,12-15H2,1-6H3/p+1/t18-/m1/s1. The molecule has 1 fully saturated rings. The van der Waals surface area contributed by atoms with Gasteiger partial charge in [-0.3, -0.25) is 14.3 Å². The van der Waals surface area contributed by atoms with Crippen LogP contribution in [0.1, 0.15) is 25.1 Å². The normalized spacial score (nSPS) is 18.2. The number of nitrogens with one attached hydrogen (secondary N) is 1. The van der Waals surface area contributed by atoms with Gasteiger partial charge in [0, 0.05) is 19.3 Å². The molecule has 0 spiro atoms. The second kappa shape index (κ2) is 8.75. The molecule has 0 bridgehead atoms. The number of carbonyl (C=O) groups excluding carboxylic acids is 1. The van der Waals surface area contributed by atoms with Crippen LogP contribution in [0.3, 0.4) is 0 Å². The van der Waals surface area contributed by atoms with Crippen LogP contribution in [0.25, 0.3) is 5.69 Å². The van der Waals surface area contributed by atoms with E-state index in [1.807, 2.05) is 76.9 Å². The van der Waals surface area contributed by atoms with E-state index in [-0.39, 0.29) is 24.1 Å². The van der Waals surface area contributed by atoms with E-state index in [2.05, 4.69) is 0 Å². The molecule has 8 heteroatoms. The summed E-state index contributed by atoms with van der Waals surface area (Å²) in [6.45, 7) is 7.03. The van der Waals surface area contributed by atoms with Gasteiger partial charge in [-0.05, 0) is 32.9 Å². The maximum atomic E-state index is 13.3. The lowest BCUT2D eigenvalue weighted by Gasteiger charge is -2.26. The van der Waals surface area contributed by atoms with Crippen LogP contribution in [0.5, 0.6) is 0 Å². The Balaban J connectivity index is 1.90. The minimum atomic E-state index is -0.658. The van der Waals surface area contributed by atoms with Crippen LogP contribution in [0, 0.1) is 6.92 Å². The Hall–Kier alpha value is -2.42. The molecule has 1 saturated heterocycles. The summed E-state index contributed by atoms with van der Waals surface area (Å²) < 4.78 is 15.1. The monoisotopic (exact) mass is 417 g/mol. The molecule has 0 aliphatic carbocycles. The van der Waals surface area contributed by atoms with Crippen molar-refractivity contribution in [2.75, 3.05) is 33.8 Å². The van der Waals surface area contributed by atoms with Crippen molar-refractivity contribution in [2.45, 2.75) is 39.2 Å². The number of quaternary nitrogens is 1. The van der Waals surface area contributed by atoms with Gasteiger partial charge in [0.15, 0.2) is 12.3 Å². The minimum Gasteiger partial charge on any atom is -0.348 e. The van der Waals surface area contributed by atoms with Gasteiger partial charge in [0.2, 0.25) is 0 Å². The molecule has 0 unspecified atom stereocenters. The third-order valence-electron chi connectivity index (χ3n) is 5.37. The lowest BCUT2D eigenvalue weighted by Crippen LogP contribution is -3.07. The first-order valence-electron chi connectivity index (χ1n) is 10.3.